The summed E-state index contributed by atoms with van der Waals surface area (Å²) >= 11 is 0. The predicted octanol–water partition coefficient (Wildman–Crippen LogP) is 1.10. The van der Waals surface area contributed by atoms with Crippen molar-refractivity contribution in [2.75, 3.05) is 11.3 Å². The van der Waals surface area contributed by atoms with Gasteiger partial charge in [0.1, 0.15) is 0 Å². The molecule has 1 amide bonds. The number of carboxylic acids is 1. The minimum atomic E-state index is -4.13. The van der Waals surface area contributed by atoms with Crippen molar-refractivity contribution in [2.45, 2.75) is 13.8 Å². The smallest absolute Gasteiger partial charge is 0.422 e. The lowest BCUT2D eigenvalue weighted by Gasteiger charge is -2.11. The van der Waals surface area contributed by atoms with Gasteiger partial charge in [-0.05, 0) is 37.6 Å². The summed E-state index contributed by atoms with van der Waals surface area (Å²) in [5.74, 6) is -1.12. The van der Waals surface area contributed by atoms with Crippen molar-refractivity contribution >= 4 is 28.0 Å². The molecule has 0 aromatic heterocycles. The molecular weight excluding hydrogens is 288 g/mol. The van der Waals surface area contributed by atoms with E-state index in [1.807, 2.05) is 0 Å². The molecule has 0 fully saturated rings. The molecule has 0 atom stereocenters. The van der Waals surface area contributed by atoms with Crippen LogP contribution in [0.15, 0.2) is 18.2 Å². The van der Waals surface area contributed by atoms with Crippen LogP contribution in [-0.4, -0.2) is 32.2 Å². The van der Waals surface area contributed by atoms with E-state index in [0.29, 0.717) is 5.56 Å². The molecule has 1 rings (SSSR count). The Hall–Kier alpha value is -2.29. The molecule has 0 aliphatic rings. The molecule has 0 saturated heterocycles. The maximum Gasteiger partial charge on any atom is 0.422 e. The standard InChI is InChI=1S/C11H14N2O6S/c1-3-19-11(16)13-20(17,18)12-9-5-4-8(10(14)15)6-7(9)2/h4-6,12H,3H2,1-2H3,(H,13,16)(H,14,15). The number of benzene rings is 1. The lowest BCUT2D eigenvalue weighted by molar-refractivity contribution is 0.0696. The van der Waals surface area contributed by atoms with E-state index in [0.717, 1.165) is 0 Å². The summed E-state index contributed by atoms with van der Waals surface area (Å²) in [5, 5.41) is 8.80. The lowest BCUT2D eigenvalue weighted by atomic mass is 10.1. The number of ether oxygens (including phenoxy) is 1. The average Bonchev–Trinajstić information content (AvgIpc) is 2.30. The van der Waals surface area contributed by atoms with Crippen LogP contribution < -0.4 is 9.44 Å². The highest BCUT2D eigenvalue weighted by Gasteiger charge is 2.16. The van der Waals surface area contributed by atoms with E-state index >= 15 is 0 Å². The molecular formula is C11H14N2O6S. The Balaban J connectivity index is 2.87. The summed E-state index contributed by atoms with van der Waals surface area (Å²) in [6.45, 7) is 3.11. The minimum absolute atomic E-state index is 0.0313. The number of anilines is 1. The summed E-state index contributed by atoms with van der Waals surface area (Å²) in [6, 6.07) is 3.85. The molecule has 0 heterocycles. The van der Waals surface area contributed by atoms with E-state index in [2.05, 4.69) is 9.46 Å². The predicted molar refractivity (Wildman–Crippen MR) is 70.8 cm³/mol. The van der Waals surface area contributed by atoms with Gasteiger partial charge in [-0.3, -0.25) is 4.72 Å². The van der Waals surface area contributed by atoms with Gasteiger partial charge in [-0.2, -0.15) is 8.42 Å². The average molecular weight is 302 g/mol. The van der Waals surface area contributed by atoms with Crippen LogP contribution in [0.2, 0.25) is 0 Å². The van der Waals surface area contributed by atoms with Gasteiger partial charge in [0, 0.05) is 0 Å². The number of hydrogen-bond donors (Lipinski definition) is 3. The number of aryl methyl sites for hydroxylation is 1. The van der Waals surface area contributed by atoms with Crippen molar-refractivity contribution in [1.82, 2.24) is 4.72 Å². The topological polar surface area (TPSA) is 122 Å². The van der Waals surface area contributed by atoms with Crippen LogP contribution in [0.25, 0.3) is 0 Å². The van der Waals surface area contributed by atoms with Gasteiger partial charge in [-0.15, -0.1) is 0 Å². The normalized spacial score (nSPS) is 10.7. The number of carbonyl (C=O) groups is 2. The van der Waals surface area contributed by atoms with Crippen LogP contribution in [0.4, 0.5) is 10.5 Å². The zero-order valence-corrected chi connectivity index (χ0v) is 11.7. The van der Waals surface area contributed by atoms with Crippen LogP contribution in [0.5, 0.6) is 0 Å². The highest BCUT2D eigenvalue weighted by Crippen LogP contribution is 2.17. The van der Waals surface area contributed by atoms with Crippen molar-refractivity contribution < 1.29 is 27.9 Å². The quantitative estimate of drug-likeness (QED) is 0.748. The number of rotatable bonds is 5. The van der Waals surface area contributed by atoms with Crippen LogP contribution in [0, 0.1) is 6.92 Å². The molecule has 0 aliphatic heterocycles. The number of nitrogens with one attached hydrogen (secondary N) is 2. The molecule has 0 saturated carbocycles. The number of carbonyl (C=O) groups excluding carboxylic acids is 1. The molecule has 8 nitrogen and oxygen atoms in total. The van der Waals surface area contributed by atoms with Gasteiger partial charge in [-0.25, -0.2) is 14.3 Å². The van der Waals surface area contributed by atoms with E-state index < -0.39 is 22.3 Å². The fourth-order valence-corrected chi connectivity index (χ4v) is 2.20. The van der Waals surface area contributed by atoms with Gasteiger partial charge in [0.15, 0.2) is 0 Å². The molecule has 20 heavy (non-hydrogen) atoms. The third-order valence-corrected chi connectivity index (χ3v) is 3.13. The second-order valence-electron chi connectivity index (χ2n) is 3.76. The Morgan fingerprint density at radius 1 is 1.35 bits per heavy atom. The van der Waals surface area contributed by atoms with Crippen molar-refractivity contribution in [2.24, 2.45) is 0 Å². The van der Waals surface area contributed by atoms with Gasteiger partial charge >= 0.3 is 22.3 Å². The van der Waals surface area contributed by atoms with E-state index in [-0.39, 0.29) is 17.9 Å². The van der Waals surface area contributed by atoms with Crippen LogP contribution in [0.1, 0.15) is 22.8 Å². The summed E-state index contributed by atoms with van der Waals surface area (Å²) < 4.78 is 31.4. The Labute approximate surface area is 115 Å². The lowest BCUT2D eigenvalue weighted by Crippen LogP contribution is -2.35. The fourth-order valence-electron chi connectivity index (χ4n) is 1.35. The monoisotopic (exact) mass is 302 g/mol. The van der Waals surface area contributed by atoms with Crippen molar-refractivity contribution in [3.8, 4) is 0 Å². The number of aromatic carboxylic acids is 1. The second kappa shape index (κ2) is 6.24. The maximum atomic E-state index is 11.6. The molecule has 0 bridgehead atoms. The van der Waals surface area contributed by atoms with Gasteiger partial charge in [0.25, 0.3) is 0 Å². The van der Waals surface area contributed by atoms with Crippen molar-refractivity contribution in [3.63, 3.8) is 0 Å². The van der Waals surface area contributed by atoms with Gasteiger partial charge in [0.2, 0.25) is 0 Å². The molecule has 0 spiro atoms. The first-order valence-electron chi connectivity index (χ1n) is 5.56. The third-order valence-electron chi connectivity index (χ3n) is 2.21. The van der Waals surface area contributed by atoms with E-state index in [9.17, 15) is 18.0 Å². The molecule has 1 aromatic carbocycles. The molecule has 1 aromatic rings. The molecule has 110 valence electrons. The summed E-state index contributed by atoms with van der Waals surface area (Å²) in [4.78, 5) is 21.8. The SMILES string of the molecule is CCOC(=O)NS(=O)(=O)Nc1ccc(C(=O)O)cc1C. The first-order chi connectivity index (χ1) is 9.25. The number of amides is 1. The molecule has 0 radical (unpaired) electrons. The number of hydrogen-bond acceptors (Lipinski definition) is 5. The maximum absolute atomic E-state index is 11.6. The van der Waals surface area contributed by atoms with Gasteiger partial charge < -0.3 is 9.84 Å². The fraction of sp³-hybridized carbons (Fsp3) is 0.273. The molecule has 0 unspecified atom stereocenters. The van der Waals surface area contributed by atoms with Crippen LogP contribution in [-0.2, 0) is 14.9 Å². The zero-order valence-electron chi connectivity index (χ0n) is 10.8. The number of carboxylic acid groups (broad SMARTS) is 1. The first-order valence-corrected chi connectivity index (χ1v) is 7.04. The molecule has 9 heteroatoms. The summed E-state index contributed by atoms with van der Waals surface area (Å²) in [6.07, 6.45) is -1.10. The van der Waals surface area contributed by atoms with E-state index in [1.54, 1.807) is 4.72 Å². The van der Waals surface area contributed by atoms with Crippen LogP contribution in [0.3, 0.4) is 0 Å². The molecule has 0 aliphatic carbocycles. The summed E-state index contributed by atoms with van der Waals surface area (Å²) in [7, 11) is -4.13. The second-order valence-corrected chi connectivity index (χ2v) is 5.18. The first kappa shape index (κ1) is 15.8. The van der Waals surface area contributed by atoms with Crippen LogP contribution >= 0.6 is 0 Å². The Morgan fingerprint density at radius 3 is 2.50 bits per heavy atom. The Bertz CT molecular complexity index is 626. The van der Waals surface area contributed by atoms with Crippen molar-refractivity contribution in [1.29, 1.82) is 0 Å². The highest BCUT2D eigenvalue weighted by atomic mass is 32.2. The van der Waals surface area contributed by atoms with E-state index in [4.69, 9.17) is 5.11 Å². The van der Waals surface area contributed by atoms with Crippen molar-refractivity contribution in [3.05, 3.63) is 29.3 Å². The molecule has 3 N–H and O–H groups in total. The van der Waals surface area contributed by atoms with E-state index in [1.165, 1.54) is 32.0 Å². The minimum Gasteiger partial charge on any atom is -0.478 e. The Kier molecular flexibility index (Phi) is 4.92. The highest BCUT2D eigenvalue weighted by molar-refractivity contribution is 7.91. The zero-order chi connectivity index (χ0) is 15.3. The largest absolute Gasteiger partial charge is 0.478 e. The Morgan fingerprint density at radius 2 is 2.00 bits per heavy atom. The van der Waals surface area contributed by atoms with Gasteiger partial charge in [-0.1, -0.05) is 0 Å². The van der Waals surface area contributed by atoms with Gasteiger partial charge in [0.05, 0.1) is 17.9 Å². The third kappa shape index (κ3) is 4.43. The summed E-state index contributed by atoms with van der Waals surface area (Å²) in [5.41, 5.74) is 0.592.